The number of aromatic amines is 1. The van der Waals surface area contributed by atoms with Gasteiger partial charge in [-0.2, -0.15) is 0 Å². The molecule has 23 heavy (non-hydrogen) atoms. The highest BCUT2D eigenvalue weighted by molar-refractivity contribution is 5.79. The summed E-state index contributed by atoms with van der Waals surface area (Å²) in [6.45, 7) is 6.67. The van der Waals surface area contributed by atoms with Crippen molar-refractivity contribution in [3.05, 3.63) is 40.4 Å². The molecule has 0 unspecified atom stereocenters. The standard InChI is InChI=1S/C17H24N4O2/c1-5-17(2,3)20-15(22)11-21(4)10-14-18-13-9-7-6-8-12(13)16(23)19-14/h6-9H,5,10-11H2,1-4H3,(H,20,22)(H,18,19,23). The van der Waals surface area contributed by atoms with Crippen LogP contribution >= 0.6 is 0 Å². The fourth-order valence-electron chi connectivity index (χ4n) is 2.27. The molecule has 0 atom stereocenters. The van der Waals surface area contributed by atoms with Crippen LogP contribution in [-0.2, 0) is 11.3 Å². The second kappa shape index (κ2) is 6.91. The monoisotopic (exact) mass is 316 g/mol. The van der Waals surface area contributed by atoms with Gasteiger partial charge < -0.3 is 10.3 Å². The van der Waals surface area contributed by atoms with Crippen molar-refractivity contribution in [2.45, 2.75) is 39.3 Å². The van der Waals surface area contributed by atoms with E-state index < -0.39 is 0 Å². The van der Waals surface area contributed by atoms with Crippen LogP contribution in [0.25, 0.3) is 10.9 Å². The molecule has 124 valence electrons. The summed E-state index contributed by atoms with van der Waals surface area (Å²) < 4.78 is 0. The van der Waals surface area contributed by atoms with Gasteiger partial charge in [0.2, 0.25) is 5.91 Å². The molecule has 0 aliphatic carbocycles. The quantitative estimate of drug-likeness (QED) is 0.849. The Bertz CT molecular complexity index is 752. The fourth-order valence-corrected chi connectivity index (χ4v) is 2.27. The largest absolute Gasteiger partial charge is 0.350 e. The summed E-state index contributed by atoms with van der Waals surface area (Å²) >= 11 is 0. The highest BCUT2D eigenvalue weighted by Gasteiger charge is 2.18. The molecule has 0 aliphatic heterocycles. The summed E-state index contributed by atoms with van der Waals surface area (Å²) in [4.78, 5) is 33.1. The van der Waals surface area contributed by atoms with E-state index in [1.807, 2.05) is 50.9 Å². The number of likely N-dealkylation sites (N-methyl/N-ethyl adjacent to an activating group) is 1. The molecule has 2 aromatic rings. The lowest BCUT2D eigenvalue weighted by Gasteiger charge is -2.26. The summed E-state index contributed by atoms with van der Waals surface area (Å²) in [5.74, 6) is 0.515. The van der Waals surface area contributed by atoms with E-state index in [1.165, 1.54) is 0 Å². The SMILES string of the molecule is CCC(C)(C)NC(=O)CN(C)Cc1nc2ccccc2c(=O)[nH]1. The smallest absolute Gasteiger partial charge is 0.258 e. The number of H-pyrrole nitrogens is 1. The first-order chi connectivity index (χ1) is 10.8. The van der Waals surface area contributed by atoms with Gasteiger partial charge in [-0.15, -0.1) is 0 Å². The number of carbonyl (C=O) groups is 1. The predicted octanol–water partition coefficient (Wildman–Crippen LogP) is 1.66. The van der Waals surface area contributed by atoms with E-state index in [2.05, 4.69) is 15.3 Å². The van der Waals surface area contributed by atoms with E-state index in [1.54, 1.807) is 6.07 Å². The van der Waals surface area contributed by atoms with Crippen molar-refractivity contribution in [1.29, 1.82) is 0 Å². The van der Waals surface area contributed by atoms with Crippen LogP contribution in [0.15, 0.2) is 29.1 Å². The second-order valence-electron chi connectivity index (χ2n) is 6.49. The Balaban J connectivity index is 2.04. The highest BCUT2D eigenvalue weighted by atomic mass is 16.2. The van der Waals surface area contributed by atoms with Crippen LogP contribution in [0, 0.1) is 0 Å². The van der Waals surface area contributed by atoms with Crippen LogP contribution in [0.2, 0.25) is 0 Å². The molecule has 1 amide bonds. The summed E-state index contributed by atoms with van der Waals surface area (Å²) in [7, 11) is 1.83. The molecule has 0 aliphatic rings. The number of amides is 1. The van der Waals surface area contributed by atoms with Gasteiger partial charge in [-0.3, -0.25) is 14.5 Å². The van der Waals surface area contributed by atoms with Gasteiger partial charge in [0.1, 0.15) is 5.82 Å². The number of nitrogens with one attached hydrogen (secondary N) is 2. The van der Waals surface area contributed by atoms with E-state index in [0.717, 1.165) is 6.42 Å². The maximum absolute atomic E-state index is 12.1. The van der Waals surface area contributed by atoms with Crippen molar-refractivity contribution in [2.75, 3.05) is 13.6 Å². The summed E-state index contributed by atoms with van der Waals surface area (Å²) in [5, 5.41) is 3.56. The van der Waals surface area contributed by atoms with Gasteiger partial charge in [-0.1, -0.05) is 19.1 Å². The van der Waals surface area contributed by atoms with Gasteiger partial charge in [-0.05, 0) is 39.4 Å². The van der Waals surface area contributed by atoms with Crippen LogP contribution in [0.3, 0.4) is 0 Å². The Morgan fingerprint density at radius 3 is 2.74 bits per heavy atom. The summed E-state index contributed by atoms with van der Waals surface area (Å²) in [6, 6.07) is 7.22. The zero-order chi connectivity index (χ0) is 17.0. The molecular formula is C17H24N4O2. The number of hydrogen-bond donors (Lipinski definition) is 2. The van der Waals surface area contributed by atoms with Gasteiger partial charge >= 0.3 is 0 Å². The average Bonchev–Trinajstić information content (AvgIpc) is 2.46. The van der Waals surface area contributed by atoms with Crippen LogP contribution in [0.4, 0.5) is 0 Å². The van der Waals surface area contributed by atoms with E-state index in [-0.39, 0.29) is 23.6 Å². The number of fused-ring (bicyclic) bond motifs is 1. The molecule has 6 heteroatoms. The number of para-hydroxylation sites is 1. The third-order valence-corrected chi connectivity index (χ3v) is 3.86. The first-order valence-electron chi connectivity index (χ1n) is 7.78. The Kier molecular flexibility index (Phi) is 5.15. The van der Waals surface area contributed by atoms with Crippen molar-refractivity contribution in [3.63, 3.8) is 0 Å². The molecular weight excluding hydrogens is 292 g/mol. The van der Waals surface area contributed by atoms with Crippen molar-refractivity contribution in [3.8, 4) is 0 Å². The number of carbonyl (C=O) groups excluding carboxylic acids is 1. The van der Waals surface area contributed by atoms with Crippen LogP contribution < -0.4 is 10.9 Å². The molecule has 6 nitrogen and oxygen atoms in total. The maximum Gasteiger partial charge on any atom is 0.258 e. The average molecular weight is 316 g/mol. The van der Waals surface area contributed by atoms with E-state index >= 15 is 0 Å². The van der Waals surface area contributed by atoms with Crippen LogP contribution in [0.1, 0.15) is 33.0 Å². The molecule has 0 fully saturated rings. The Hall–Kier alpha value is -2.21. The minimum Gasteiger partial charge on any atom is -0.350 e. The molecule has 0 saturated carbocycles. The third kappa shape index (κ3) is 4.63. The zero-order valence-electron chi connectivity index (χ0n) is 14.1. The van der Waals surface area contributed by atoms with Gasteiger partial charge in [0.05, 0.1) is 24.0 Å². The van der Waals surface area contributed by atoms with E-state index in [9.17, 15) is 9.59 Å². The van der Waals surface area contributed by atoms with Crippen LogP contribution in [0.5, 0.6) is 0 Å². The van der Waals surface area contributed by atoms with E-state index in [4.69, 9.17) is 0 Å². The Morgan fingerprint density at radius 2 is 2.04 bits per heavy atom. The predicted molar refractivity (Wildman–Crippen MR) is 91.2 cm³/mol. The number of hydrogen-bond acceptors (Lipinski definition) is 4. The topological polar surface area (TPSA) is 78.1 Å². The highest BCUT2D eigenvalue weighted by Crippen LogP contribution is 2.08. The molecule has 2 rings (SSSR count). The molecule has 0 bridgehead atoms. The minimum absolute atomic E-state index is 0.0394. The van der Waals surface area contributed by atoms with Gasteiger partial charge in [-0.25, -0.2) is 4.98 Å². The lowest BCUT2D eigenvalue weighted by atomic mass is 10.0. The molecule has 1 heterocycles. The van der Waals surface area contributed by atoms with Gasteiger partial charge in [0.15, 0.2) is 0 Å². The molecule has 0 spiro atoms. The van der Waals surface area contributed by atoms with Crippen LogP contribution in [-0.4, -0.2) is 39.9 Å². The molecule has 0 radical (unpaired) electrons. The summed E-state index contributed by atoms with van der Waals surface area (Å²) in [6.07, 6.45) is 0.863. The Labute approximate surface area is 135 Å². The first kappa shape index (κ1) is 17.1. The molecule has 0 saturated heterocycles. The van der Waals surface area contributed by atoms with E-state index in [0.29, 0.717) is 23.3 Å². The van der Waals surface area contributed by atoms with Crippen molar-refractivity contribution in [2.24, 2.45) is 0 Å². The van der Waals surface area contributed by atoms with Crippen molar-refractivity contribution in [1.82, 2.24) is 20.2 Å². The number of benzene rings is 1. The van der Waals surface area contributed by atoms with Gasteiger partial charge in [0.25, 0.3) is 5.56 Å². The fraction of sp³-hybridized carbons (Fsp3) is 0.471. The third-order valence-electron chi connectivity index (χ3n) is 3.86. The van der Waals surface area contributed by atoms with Gasteiger partial charge in [0, 0.05) is 5.54 Å². The maximum atomic E-state index is 12.1. The number of nitrogens with zero attached hydrogens (tertiary/aromatic N) is 2. The van der Waals surface area contributed by atoms with Crippen molar-refractivity contribution >= 4 is 16.8 Å². The lowest BCUT2D eigenvalue weighted by Crippen LogP contribution is -2.46. The molecule has 1 aromatic carbocycles. The number of rotatable bonds is 6. The summed E-state index contributed by atoms with van der Waals surface area (Å²) in [5.41, 5.74) is 0.291. The Morgan fingerprint density at radius 1 is 1.35 bits per heavy atom. The molecule has 2 N–H and O–H groups in total. The lowest BCUT2D eigenvalue weighted by molar-refractivity contribution is -0.123. The normalized spacial score (nSPS) is 11.9. The first-order valence-corrected chi connectivity index (χ1v) is 7.78. The van der Waals surface area contributed by atoms with Crippen molar-refractivity contribution < 1.29 is 4.79 Å². The number of aromatic nitrogens is 2. The second-order valence-corrected chi connectivity index (χ2v) is 6.49. The minimum atomic E-state index is -0.215. The zero-order valence-corrected chi connectivity index (χ0v) is 14.1. The molecule has 1 aromatic heterocycles.